The summed E-state index contributed by atoms with van der Waals surface area (Å²) in [6.45, 7) is 0.216. The Morgan fingerprint density at radius 3 is 2.59 bits per heavy atom. The Morgan fingerprint density at radius 2 is 2.06 bits per heavy atom. The lowest BCUT2D eigenvalue weighted by atomic mass is 10.2. The van der Waals surface area contributed by atoms with Crippen molar-refractivity contribution in [2.75, 3.05) is 20.8 Å². The number of amides is 1. The lowest BCUT2D eigenvalue weighted by molar-refractivity contribution is -0.106. The summed E-state index contributed by atoms with van der Waals surface area (Å²) in [5.74, 6) is 0.423. The normalized spacial score (nSPS) is 21.0. The van der Waals surface area contributed by atoms with E-state index in [0.717, 1.165) is 18.6 Å². The molecule has 0 bridgehead atoms. The van der Waals surface area contributed by atoms with E-state index < -0.39 is 12.2 Å². The molecule has 0 heterocycles. The molecule has 0 saturated heterocycles. The minimum Gasteiger partial charge on any atom is -0.451 e. The quantitative estimate of drug-likeness (QED) is 0.547. The van der Waals surface area contributed by atoms with Crippen molar-refractivity contribution in [1.29, 1.82) is 5.26 Å². The molecule has 0 aromatic carbocycles. The second kappa shape index (κ2) is 5.94. The fourth-order valence-corrected chi connectivity index (χ4v) is 1.49. The van der Waals surface area contributed by atoms with E-state index >= 15 is 0 Å². The van der Waals surface area contributed by atoms with Gasteiger partial charge in [-0.3, -0.25) is 0 Å². The van der Waals surface area contributed by atoms with Crippen LogP contribution in [0.15, 0.2) is 0 Å². The average molecular weight is 242 g/mol. The average Bonchev–Trinajstić information content (AvgIpc) is 3.05. The van der Waals surface area contributed by atoms with Gasteiger partial charge in [-0.25, -0.2) is 9.59 Å². The van der Waals surface area contributed by atoms with Gasteiger partial charge in [0, 0.05) is 6.42 Å². The third-order valence-corrected chi connectivity index (χ3v) is 2.55. The van der Waals surface area contributed by atoms with Gasteiger partial charge in [-0.2, -0.15) is 5.26 Å². The van der Waals surface area contributed by atoms with E-state index in [1.54, 1.807) is 0 Å². The van der Waals surface area contributed by atoms with Crippen molar-refractivity contribution in [2.45, 2.75) is 12.8 Å². The van der Waals surface area contributed by atoms with Crippen LogP contribution in [0.1, 0.15) is 12.8 Å². The van der Waals surface area contributed by atoms with Crippen molar-refractivity contribution in [3.8, 4) is 6.07 Å². The fraction of sp³-hybridized carbons (Fsp3) is 0.700. The molecule has 1 aliphatic carbocycles. The van der Waals surface area contributed by atoms with E-state index in [0.29, 0.717) is 6.42 Å². The van der Waals surface area contributed by atoms with Crippen LogP contribution in [-0.4, -0.2) is 38.1 Å². The van der Waals surface area contributed by atoms with Crippen LogP contribution in [0.5, 0.6) is 0 Å². The molecule has 0 spiro atoms. The molecule has 0 radical (unpaired) electrons. The third kappa shape index (κ3) is 3.83. The van der Waals surface area contributed by atoms with Gasteiger partial charge in [-0.15, -0.1) is 5.06 Å². The Balaban J connectivity index is 2.45. The number of ether oxygens (including phenoxy) is 2. The van der Waals surface area contributed by atoms with Gasteiger partial charge in [0.1, 0.15) is 0 Å². The van der Waals surface area contributed by atoms with E-state index in [1.165, 1.54) is 7.11 Å². The van der Waals surface area contributed by atoms with Gasteiger partial charge < -0.3 is 14.3 Å². The number of nitrogens with zero attached hydrogens (tertiary/aromatic N) is 2. The number of nitriles is 1. The lowest BCUT2D eigenvalue weighted by Crippen LogP contribution is -2.35. The predicted molar refractivity (Wildman–Crippen MR) is 54.4 cm³/mol. The zero-order valence-electron chi connectivity index (χ0n) is 9.71. The zero-order valence-corrected chi connectivity index (χ0v) is 9.71. The Labute approximate surface area is 98.8 Å². The highest BCUT2D eigenvalue weighted by Crippen LogP contribution is 2.41. The molecule has 1 fully saturated rings. The molecular formula is C10H14N2O5. The number of carbonyl (C=O) groups excluding carboxylic acids is 2. The molecule has 0 aliphatic heterocycles. The molecule has 0 aromatic heterocycles. The van der Waals surface area contributed by atoms with Crippen LogP contribution < -0.4 is 0 Å². The molecule has 1 saturated carbocycles. The standard InChI is InChI=1S/C10H14N2O5/c1-15-9(13)12(17-10(14)16-2)6-8-5-7(8)3-4-11/h7-8H,3,5-6H2,1-2H3/t7-,8+/m1/s1. The maximum absolute atomic E-state index is 11.3. The van der Waals surface area contributed by atoms with E-state index in [9.17, 15) is 9.59 Å². The van der Waals surface area contributed by atoms with Crippen LogP contribution in [0, 0.1) is 23.2 Å². The van der Waals surface area contributed by atoms with Gasteiger partial charge in [0.25, 0.3) is 0 Å². The first kappa shape index (κ1) is 13.1. The van der Waals surface area contributed by atoms with Crippen molar-refractivity contribution in [1.82, 2.24) is 5.06 Å². The smallest absolute Gasteiger partial charge is 0.451 e. The van der Waals surface area contributed by atoms with Crippen molar-refractivity contribution in [3.05, 3.63) is 0 Å². The van der Waals surface area contributed by atoms with E-state index in [4.69, 9.17) is 5.26 Å². The van der Waals surface area contributed by atoms with Gasteiger partial charge in [0.15, 0.2) is 0 Å². The van der Waals surface area contributed by atoms with Crippen molar-refractivity contribution in [2.24, 2.45) is 11.8 Å². The van der Waals surface area contributed by atoms with Gasteiger partial charge in [0.05, 0.1) is 26.8 Å². The first-order valence-electron chi connectivity index (χ1n) is 5.10. The zero-order chi connectivity index (χ0) is 12.8. The summed E-state index contributed by atoms with van der Waals surface area (Å²) < 4.78 is 8.76. The largest absolute Gasteiger partial charge is 0.533 e. The van der Waals surface area contributed by atoms with Gasteiger partial charge in [-0.05, 0) is 18.3 Å². The molecule has 17 heavy (non-hydrogen) atoms. The molecule has 1 rings (SSSR count). The summed E-state index contributed by atoms with van der Waals surface area (Å²) >= 11 is 0. The van der Waals surface area contributed by atoms with Crippen LogP contribution in [0.2, 0.25) is 0 Å². The SMILES string of the molecule is COC(=O)ON(C[C@@H]1C[C@H]1CC#N)C(=O)OC. The molecule has 0 aromatic rings. The molecule has 0 unspecified atom stereocenters. The summed E-state index contributed by atoms with van der Waals surface area (Å²) in [7, 11) is 2.34. The van der Waals surface area contributed by atoms with Crippen LogP contribution in [-0.2, 0) is 14.3 Å². The third-order valence-electron chi connectivity index (χ3n) is 2.55. The fourth-order valence-electron chi connectivity index (χ4n) is 1.49. The highest BCUT2D eigenvalue weighted by Gasteiger charge is 2.40. The second-order valence-corrected chi connectivity index (χ2v) is 3.69. The van der Waals surface area contributed by atoms with Crippen LogP contribution >= 0.6 is 0 Å². The minimum absolute atomic E-state index is 0.165. The van der Waals surface area contributed by atoms with E-state index in [-0.39, 0.29) is 18.4 Å². The lowest BCUT2D eigenvalue weighted by Gasteiger charge is -2.18. The number of methoxy groups -OCH3 is 2. The molecule has 1 aliphatic rings. The number of rotatable bonds is 3. The number of hydrogen-bond donors (Lipinski definition) is 0. The van der Waals surface area contributed by atoms with Gasteiger partial charge >= 0.3 is 12.2 Å². The van der Waals surface area contributed by atoms with Crippen LogP contribution in [0.3, 0.4) is 0 Å². The highest BCUT2D eigenvalue weighted by atomic mass is 16.8. The maximum Gasteiger partial charge on any atom is 0.533 e. The van der Waals surface area contributed by atoms with Crippen molar-refractivity contribution in [3.63, 3.8) is 0 Å². The Morgan fingerprint density at radius 1 is 1.35 bits per heavy atom. The summed E-state index contributed by atoms with van der Waals surface area (Å²) in [6, 6.07) is 2.06. The molecule has 7 heteroatoms. The number of hydroxylamine groups is 2. The number of carbonyl (C=O) groups is 2. The summed E-state index contributed by atoms with van der Waals surface area (Å²) in [5.41, 5.74) is 0. The monoisotopic (exact) mass is 242 g/mol. The summed E-state index contributed by atoms with van der Waals surface area (Å²) in [4.78, 5) is 26.8. The van der Waals surface area contributed by atoms with E-state index in [1.807, 2.05) is 0 Å². The summed E-state index contributed by atoms with van der Waals surface area (Å²) in [6.07, 6.45) is -0.463. The molecular weight excluding hydrogens is 228 g/mol. The van der Waals surface area contributed by atoms with Gasteiger partial charge in [-0.1, -0.05) is 0 Å². The molecule has 94 valence electrons. The maximum atomic E-state index is 11.3. The Bertz CT molecular complexity index is 338. The number of hydrogen-bond acceptors (Lipinski definition) is 6. The van der Waals surface area contributed by atoms with Crippen molar-refractivity contribution >= 4 is 12.2 Å². The first-order valence-corrected chi connectivity index (χ1v) is 5.10. The van der Waals surface area contributed by atoms with Gasteiger partial charge in [0.2, 0.25) is 0 Å². The predicted octanol–water partition coefficient (Wildman–Crippen LogP) is 1.30. The summed E-state index contributed by atoms with van der Waals surface area (Å²) in [5, 5.41) is 9.32. The first-order chi connectivity index (χ1) is 8.12. The Hall–Kier alpha value is -1.97. The second-order valence-electron chi connectivity index (χ2n) is 3.69. The minimum atomic E-state index is -0.979. The Kier molecular flexibility index (Phi) is 4.57. The van der Waals surface area contributed by atoms with Crippen LogP contribution in [0.25, 0.3) is 0 Å². The van der Waals surface area contributed by atoms with E-state index in [2.05, 4.69) is 20.4 Å². The molecule has 0 N–H and O–H groups in total. The molecule has 1 amide bonds. The van der Waals surface area contributed by atoms with Crippen LogP contribution in [0.4, 0.5) is 9.59 Å². The molecule has 7 nitrogen and oxygen atoms in total. The van der Waals surface area contributed by atoms with Crippen molar-refractivity contribution < 1.29 is 23.9 Å². The molecule has 2 atom stereocenters. The highest BCUT2D eigenvalue weighted by molar-refractivity contribution is 5.69. The topological polar surface area (TPSA) is 88.9 Å².